The maximum Gasteiger partial charge on any atom is 0.338 e. The van der Waals surface area contributed by atoms with E-state index in [1.54, 1.807) is 0 Å². The van der Waals surface area contributed by atoms with Gasteiger partial charge in [0.2, 0.25) is 0 Å². The molecule has 0 heterocycles. The lowest BCUT2D eigenvalue weighted by Crippen LogP contribution is -2.38. The summed E-state index contributed by atoms with van der Waals surface area (Å²) in [6, 6.07) is 0. The fourth-order valence-electron chi connectivity index (χ4n) is 2.56. The molecule has 0 aromatic heterocycles. The Morgan fingerprint density at radius 1 is 0.920 bits per heavy atom. The molecule has 1 aliphatic carbocycles. The molecule has 1 saturated carbocycles. The molecule has 8 nitrogen and oxygen atoms in total. The van der Waals surface area contributed by atoms with Gasteiger partial charge in [-0.15, -0.1) is 0 Å². The summed E-state index contributed by atoms with van der Waals surface area (Å²) in [6.07, 6.45) is 2.17. The van der Waals surface area contributed by atoms with Crippen LogP contribution >= 0.6 is 0 Å². The van der Waals surface area contributed by atoms with Crippen LogP contribution in [-0.2, 0) is 38.1 Å². The predicted octanol–water partition coefficient (Wildman–Crippen LogP) is 0.868. The van der Waals surface area contributed by atoms with Crippen LogP contribution in [0.1, 0.15) is 12.8 Å². The number of carbonyl (C=O) groups is 4. The smallest absolute Gasteiger partial charge is 0.338 e. The van der Waals surface area contributed by atoms with E-state index in [-0.39, 0.29) is 18.4 Å². The third-order valence-corrected chi connectivity index (χ3v) is 3.84. The zero-order valence-corrected chi connectivity index (χ0v) is 14.5. The van der Waals surface area contributed by atoms with Crippen LogP contribution in [0.25, 0.3) is 0 Å². The molecule has 0 amide bonds. The fraction of sp³-hybridized carbons (Fsp3) is 0.412. The highest BCUT2D eigenvalue weighted by atomic mass is 16.5. The SMILES string of the molecule is C=C1CC(C(=O)OC)(C(=O)OC)C/C1=C/C(=C\C(=O)OC)C(=O)OC. The predicted molar refractivity (Wildman–Crippen MR) is 85.0 cm³/mol. The molecule has 0 saturated heterocycles. The van der Waals surface area contributed by atoms with Gasteiger partial charge in [0, 0.05) is 6.08 Å². The second-order valence-corrected chi connectivity index (χ2v) is 5.31. The topological polar surface area (TPSA) is 105 Å². The zero-order valence-electron chi connectivity index (χ0n) is 14.5. The van der Waals surface area contributed by atoms with Crippen LogP contribution < -0.4 is 0 Å². The van der Waals surface area contributed by atoms with Crippen molar-refractivity contribution in [3.05, 3.63) is 35.5 Å². The van der Waals surface area contributed by atoms with Crippen molar-refractivity contribution in [2.45, 2.75) is 12.8 Å². The van der Waals surface area contributed by atoms with Crippen LogP contribution in [0.15, 0.2) is 35.5 Å². The average Bonchev–Trinajstić information content (AvgIpc) is 2.96. The zero-order chi connectivity index (χ0) is 19.2. The summed E-state index contributed by atoms with van der Waals surface area (Å²) in [7, 11) is 4.64. The molecule has 0 atom stereocenters. The largest absolute Gasteiger partial charge is 0.468 e. The number of esters is 4. The molecule has 0 aromatic carbocycles. The van der Waals surface area contributed by atoms with Crippen molar-refractivity contribution in [1.29, 1.82) is 0 Å². The molecule has 0 radical (unpaired) electrons. The standard InChI is InChI=1S/C17H20O8/c1-10-8-17(15(20)24-4,16(21)25-5)9-12(10)6-11(14(19)23-3)7-13(18)22-2/h6-7H,1,8-9H2,2-5H3/b11-7+,12-6-. The molecular weight excluding hydrogens is 332 g/mol. The summed E-state index contributed by atoms with van der Waals surface area (Å²) >= 11 is 0. The van der Waals surface area contributed by atoms with E-state index in [1.165, 1.54) is 6.08 Å². The molecule has 8 heteroatoms. The Bertz CT molecular complexity index is 652. The number of rotatable bonds is 5. The number of allylic oxidation sites excluding steroid dienone is 2. The van der Waals surface area contributed by atoms with Crippen LogP contribution in [0.2, 0.25) is 0 Å². The monoisotopic (exact) mass is 352 g/mol. The highest BCUT2D eigenvalue weighted by Gasteiger charge is 2.53. The number of carbonyl (C=O) groups excluding carboxylic acids is 4. The quantitative estimate of drug-likeness (QED) is 0.311. The molecule has 1 aliphatic rings. The maximum atomic E-state index is 12.2. The van der Waals surface area contributed by atoms with Gasteiger partial charge in [0.25, 0.3) is 0 Å². The van der Waals surface area contributed by atoms with Crippen LogP contribution in [-0.4, -0.2) is 52.3 Å². The molecule has 25 heavy (non-hydrogen) atoms. The summed E-state index contributed by atoms with van der Waals surface area (Å²) in [5.74, 6) is -3.06. The summed E-state index contributed by atoms with van der Waals surface area (Å²) in [4.78, 5) is 47.6. The van der Waals surface area contributed by atoms with Crippen molar-refractivity contribution >= 4 is 23.9 Å². The molecule has 0 aliphatic heterocycles. The molecule has 136 valence electrons. The molecule has 0 bridgehead atoms. The van der Waals surface area contributed by atoms with Gasteiger partial charge < -0.3 is 18.9 Å². The van der Waals surface area contributed by atoms with Crippen molar-refractivity contribution in [3.63, 3.8) is 0 Å². The highest BCUT2D eigenvalue weighted by molar-refractivity contribution is 6.03. The number of methoxy groups -OCH3 is 4. The molecule has 0 unspecified atom stereocenters. The van der Waals surface area contributed by atoms with Crippen molar-refractivity contribution in [1.82, 2.24) is 0 Å². The van der Waals surface area contributed by atoms with Gasteiger partial charge >= 0.3 is 23.9 Å². The first kappa shape index (κ1) is 20.1. The van der Waals surface area contributed by atoms with Crippen LogP contribution in [0.5, 0.6) is 0 Å². The van der Waals surface area contributed by atoms with E-state index in [9.17, 15) is 19.2 Å². The van der Waals surface area contributed by atoms with Gasteiger partial charge in [-0.05, 0) is 24.5 Å². The first-order chi connectivity index (χ1) is 11.7. The van der Waals surface area contributed by atoms with E-state index < -0.39 is 29.3 Å². The van der Waals surface area contributed by atoms with Crippen LogP contribution in [0, 0.1) is 5.41 Å². The minimum absolute atomic E-state index is 0.0230. The molecule has 0 aromatic rings. The fourth-order valence-corrected chi connectivity index (χ4v) is 2.56. The van der Waals surface area contributed by atoms with Crippen molar-refractivity contribution in [2.24, 2.45) is 5.41 Å². The van der Waals surface area contributed by atoms with E-state index in [1.807, 2.05) is 0 Å². The summed E-state index contributed by atoms with van der Waals surface area (Å²) in [5.41, 5.74) is -0.804. The third-order valence-electron chi connectivity index (χ3n) is 3.84. The van der Waals surface area contributed by atoms with Gasteiger partial charge in [-0.1, -0.05) is 12.2 Å². The maximum absolute atomic E-state index is 12.2. The lowest BCUT2D eigenvalue weighted by Gasteiger charge is -2.21. The molecular formula is C17H20O8. The number of ether oxygens (including phenoxy) is 4. The molecule has 1 fully saturated rings. The van der Waals surface area contributed by atoms with Gasteiger partial charge in [-0.2, -0.15) is 0 Å². The van der Waals surface area contributed by atoms with E-state index >= 15 is 0 Å². The van der Waals surface area contributed by atoms with Gasteiger partial charge in [-0.3, -0.25) is 9.59 Å². The van der Waals surface area contributed by atoms with Gasteiger partial charge in [0.1, 0.15) is 0 Å². The average molecular weight is 352 g/mol. The lowest BCUT2D eigenvalue weighted by molar-refractivity contribution is -0.168. The Morgan fingerprint density at radius 3 is 1.92 bits per heavy atom. The van der Waals surface area contributed by atoms with Gasteiger partial charge in [0.15, 0.2) is 5.41 Å². The Kier molecular flexibility index (Phi) is 6.67. The number of hydrogen-bond donors (Lipinski definition) is 0. The van der Waals surface area contributed by atoms with Crippen LogP contribution in [0.3, 0.4) is 0 Å². The Morgan fingerprint density at radius 2 is 1.48 bits per heavy atom. The molecule has 1 rings (SSSR count). The Hall–Kier alpha value is -2.90. The normalized spacial score (nSPS) is 17.8. The summed E-state index contributed by atoms with van der Waals surface area (Å²) in [5, 5.41) is 0. The van der Waals surface area contributed by atoms with Gasteiger partial charge in [0.05, 0.1) is 34.0 Å². The Labute approximate surface area is 145 Å². The van der Waals surface area contributed by atoms with E-state index in [2.05, 4.69) is 16.1 Å². The first-order valence-corrected chi connectivity index (χ1v) is 7.19. The highest BCUT2D eigenvalue weighted by Crippen LogP contribution is 2.46. The van der Waals surface area contributed by atoms with Crippen molar-refractivity contribution < 1.29 is 38.1 Å². The number of hydrogen-bond acceptors (Lipinski definition) is 8. The van der Waals surface area contributed by atoms with E-state index in [0.29, 0.717) is 11.1 Å². The van der Waals surface area contributed by atoms with E-state index in [0.717, 1.165) is 34.5 Å². The van der Waals surface area contributed by atoms with Crippen molar-refractivity contribution in [2.75, 3.05) is 28.4 Å². The first-order valence-electron chi connectivity index (χ1n) is 7.19. The molecule has 0 N–H and O–H groups in total. The lowest BCUT2D eigenvalue weighted by atomic mass is 9.85. The minimum Gasteiger partial charge on any atom is -0.468 e. The van der Waals surface area contributed by atoms with Crippen LogP contribution in [0.4, 0.5) is 0 Å². The molecule has 0 spiro atoms. The summed E-state index contributed by atoms with van der Waals surface area (Å²) in [6.45, 7) is 3.82. The van der Waals surface area contributed by atoms with Gasteiger partial charge in [-0.25, -0.2) is 9.59 Å². The minimum atomic E-state index is -1.57. The van der Waals surface area contributed by atoms with Crippen molar-refractivity contribution in [3.8, 4) is 0 Å². The Balaban J connectivity index is 3.34. The second-order valence-electron chi connectivity index (χ2n) is 5.31. The summed E-state index contributed by atoms with van der Waals surface area (Å²) < 4.78 is 18.6. The third kappa shape index (κ3) is 4.14. The second kappa shape index (κ2) is 8.27. The van der Waals surface area contributed by atoms with E-state index in [4.69, 9.17) is 9.47 Å².